The van der Waals surface area contributed by atoms with Crippen LogP contribution in [0.25, 0.3) is 0 Å². The lowest BCUT2D eigenvalue weighted by atomic mass is 9.92. The van der Waals surface area contributed by atoms with Crippen molar-refractivity contribution >= 4 is 17.3 Å². The van der Waals surface area contributed by atoms with Crippen LogP contribution in [-0.2, 0) is 5.41 Å². The zero-order valence-electron chi connectivity index (χ0n) is 17.9. The van der Waals surface area contributed by atoms with Gasteiger partial charge in [0.25, 0.3) is 0 Å². The van der Waals surface area contributed by atoms with Gasteiger partial charge in [-0.1, -0.05) is 33.8 Å². The number of nitrogens with zero attached hydrogens (tertiary/aromatic N) is 3. The normalized spacial score (nSPS) is 18.5. The minimum atomic E-state index is 0.0705. The molecule has 2 N–H and O–H groups in total. The van der Waals surface area contributed by atoms with Gasteiger partial charge in [-0.2, -0.15) is 0 Å². The number of piperazine rings is 1. The molecule has 2 rings (SSSR count). The van der Waals surface area contributed by atoms with Crippen LogP contribution in [0.1, 0.15) is 39.5 Å². The summed E-state index contributed by atoms with van der Waals surface area (Å²) >= 11 is 1.82. The average Bonchev–Trinajstić information content (AvgIpc) is 3.20. The van der Waals surface area contributed by atoms with Crippen molar-refractivity contribution < 1.29 is 0 Å². The number of likely N-dealkylation sites (N-methyl/N-ethyl adjacent to an activating group) is 1. The summed E-state index contributed by atoms with van der Waals surface area (Å²) in [5.41, 5.74) is 0.0705. The molecule has 27 heavy (non-hydrogen) atoms. The first-order valence-corrected chi connectivity index (χ1v) is 11.3. The Morgan fingerprint density at radius 1 is 1.19 bits per heavy atom. The molecule has 5 nitrogen and oxygen atoms in total. The van der Waals surface area contributed by atoms with Crippen LogP contribution in [-0.4, -0.2) is 74.7 Å². The summed E-state index contributed by atoms with van der Waals surface area (Å²) in [6, 6.07) is 4.33. The largest absolute Gasteiger partial charge is 0.357 e. The molecule has 1 unspecified atom stereocenters. The molecule has 1 atom stereocenters. The molecule has 1 aromatic heterocycles. The molecule has 0 spiro atoms. The predicted octanol–water partition coefficient (Wildman–Crippen LogP) is 2.85. The van der Waals surface area contributed by atoms with E-state index in [9.17, 15) is 0 Å². The van der Waals surface area contributed by atoms with Gasteiger partial charge in [0.15, 0.2) is 5.96 Å². The highest BCUT2D eigenvalue weighted by Crippen LogP contribution is 2.27. The van der Waals surface area contributed by atoms with Crippen LogP contribution in [0.4, 0.5) is 0 Å². The van der Waals surface area contributed by atoms with Crippen LogP contribution in [0.5, 0.6) is 0 Å². The fraction of sp³-hybridized carbons (Fsp3) is 0.762. The third-order valence-electron chi connectivity index (χ3n) is 5.26. The fourth-order valence-corrected chi connectivity index (χ4v) is 4.27. The van der Waals surface area contributed by atoms with Crippen LogP contribution in [0.2, 0.25) is 0 Å². The maximum absolute atomic E-state index is 4.86. The second-order valence-electron chi connectivity index (χ2n) is 8.28. The minimum Gasteiger partial charge on any atom is -0.357 e. The van der Waals surface area contributed by atoms with E-state index in [1.807, 2.05) is 11.3 Å². The van der Waals surface area contributed by atoms with E-state index in [1.165, 1.54) is 37.6 Å². The molecule has 0 radical (unpaired) electrons. The zero-order chi connectivity index (χ0) is 19.7. The molecule has 6 heteroatoms. The smallest absolute Gasteiger partial charge is 0.191 e. The third-order valence-corrected chi connectivity index (χ3v) is 6.50. The lowest BCUT2D eigenvalue weighted by Gasteiger charge is -2.35. The van der Waals surface area contributed by atoms with Gasteiger partial charge in [-0.15, -0.1) is 11.3 Å². The van der Waals surface area contributed by atoms with Crippen molar-refractivity contribution in [2.24, 2.45) is 10.9 Å². The van der Waals surface area contributed by atoms with Crippen LogP contribution < -0.4 is 10.6 Å². The van der Waals surface area contributed by atoms with E-state index in [2.05, 4.69) is 72.6 Å². The molecule has 1 aliphatic heterocycles. The van der Waals surface area contributed by atoms with Gasteiger partial charge in [-0.3, -0.25) is 4.99 Å². The van der Waals surface area contributed by atoms with Crippen molar-refractivity contribution in [1.82, 2.24) is 20.4 Å². The lowest BCUT2D eigenvalue weighted by Crippen LogP contribution is -2.48. The highest BCUT2D eigenvalue weighted by molar-refractivity contribution is 7.10. The highest BCUT2D eigenvalue weighted by Gasteiger charge is 2.22. The first-order valence-electron chi connectivity index (χ1n) is 10.5. The van der Waals surface area contributed by atoms with E-state index in [1.54, 1.807) is 0 Å². The Morgan fingerprint density at radius 3 is 2.48 bits per heavy atom. The number of guanidine groups is 1. The average molecular weight is 394 g/mol. The molecule has 1 aliphatic rings. The maximum Gasteiger partial charge on any atom is 0.191 e. The van der Waals surface area contributed by atoms with Crippen molar-refractivity contribution in [3.8, 4) is 0 Å². The van der Waals surface area contributed by atoms with Gasteiger partial charge in [0.05, 0.1) is 6.54 Å². The first kappa shape index (κ1) is 22.2. The number of rotatable bonds is 9. The van der Waals surface area contributed by atoms with Gasteiger partial charge in [-0.25, -0.2) is 0 Å². The Balaban J connectivity index is 1.79. The molecular formula is C21H39N5S. The van der Waals surface area contributed by atoms with Gasteiger partial charge in [0.1, 0.15) is 0 Å². The number of thiophene rings is 1. The van der Waals surface area contributed by atoms with Crippen LogP contribution in [0.3, 0.4) is 0 Å². The van der Waals surface area contributed by atoms with E-state index in [0.717, 1.165) is 32.1 Å². The number of hydrogen-bond acceptors (Lipinski definition) is 4. The fourth-order valence-electron chi connectivity index (χ4n) is 3.42. The van der Waals surface area contributed by atoms with Crippen molar-refractivity contribution in [3.05, 3.63) is 22.4 Å². The quantitative estimate of drug-likeness (QED) is 0.500. The Kier molecular flexibility index (Phi) is 9.06. The molecular weight excluding hydrogens is 354 g/mol. The Bertz CT molecular complexity index is 547. The van der Waals surface area contributed by atoms with Crippen LogP contribution >= 0.6 is 11.3 Å². The molecule has 1 fully saturated rings. The van der Waals surface area contributed by atoms with Crippen molar-refractivity contribution in [3.63, 3.8) is 0 Å². The van der Waals surface area contributed by atoms with E-state index in [-0.39, 0.29) is 5.41 Å². The molecule has 0 amide bonds. The van der Waals surface area contributed by atoms with Crippen LogP contribution in [0, 0.1) is 5.92 Å². The van der Waals surface area contributed by atoms with E-state index in [4.69, 9.17) is 4.99 Å². The third kappa shape index (κ3) is 7.43. The molecule has 0 saturated carbocycles. The van der Waals surface area contributed by atoms with Gasteiger partial charge in [-0.05, 0) is 30.8 Å². The minimum absolute atomic E-state index is 0.0705. The second kappa shape index (κ2) is 11.0. The summed E-state index contributed by atoms with van der Waals surface area (Å²) in [4.78, 5) is 11.4. The topological polar surface area (TPSA) is 42.9 Å². The summed E-state index contributed by atoms with van der Waals surface area (Å²) in [5, 5.41) is 9.09. The first-order chi connectivity index (χ1) is 12.9. The van der Waals surface area contributed by atoms with E-state index >= 15 is 0 Å². The molecule has 154 valence electrons. The summed E-state index contributed by atoms with van der Waals surface area (Å²) in [7, 11) is 0. The number of nitrogens with one attached hydrogen (secondary N) is 2. The molecule has 2 heterocycles. The summed E-state index contributed by atoms with van der Waals surface area (Å²) < 4.78 is 0. The number of aliphatic imine (C=N–C) groups is 1. The monoisotopic (exact) mass is 393 g/mol. The van der Waals surface area contributed by atoms with Gasteiger partial charge >= 0.3 is 0 Å². The summed E-state index contributed by atoms with van der Waals surface area (Å²) in [6.45, 7) is 21.0. The van der Waals surface area contributed by atoms with Crippen LogP contribution in [0.15, 0.2) is 22.5 Å². The van der Waals surface area contributed by atoms with Crippen molar-refractivity contribution in [2.45, 2.75) is 40.0 Å². The summed E-state index contributed by atoms with van der Waals surface area (Å²) in [6.07, 6.45) is 0. The lowest BCUT2D eigenvalue weighted by molar-refractivity contribution is 0.124. The zero-order valence-corrected chi connectivity index (χ0v) is 18.7. The Hall–Kier alpha value is -1.11. The van der Waals surface area contributed by atoms with Crippen molar-refractivity contribution in [2.75, 3.05) is 58.9 Å². The van der Waals surface area contributed by atoms with Gasteiger partial charge in [0.2, 0.25) is 0 Å². The molecule has 0 aromatic carbocycles. The van der Waals surface area contributed by atoms with E-state index < -0.39 is 0 Å². The standard InChI is InChI=1S/C21H39N5S/c1-6-22-20(24-17-21(4,5)19-9-8-14-27-19)23-15-18(3)16-26-12-10-25(7-2)11-13-26/h8-9,14,18H,6-7,10-13,15-17H2,1-5H3,(H2,22,23,24). The highest BCUT2D eigenvalue weighted by atomic mass is 32.1. The van der Waals surface area contributed by atoms with Gasteiger partial charge < -0.3 is 20.4 Å². The predicted molar refractivity (Wildman–Crippen MR) is 119 cm³/mol. The maximum atomic E-state index is 4.86. The second-order valence-corrected chi connectivity index (χ2v) is 9.22. The Morgan fingerprint density at radius 2 is 1.89 bits per heavy atom. The Labute approximate surface area is 170 Å². The SMILES string of the molecule is CCNC(=NCC(C)(C)c1cccs1)NCC(C)CN1CCN(CC)CC1. The molecule has 1 aromatic rings. The van der Waals surface area contributed by atoms with Crippen molar-refractivity contribution in [1.29, 1.82) is 0 Å². The summed E-state index contributed by atoms with van der Waals surface area (Å²) in [5.74, 6) is 1.54. The number of hydrogen-bond donors (Lipinski definition) is 2. The molecule has 0 bridgehead atoms. The molecule has 0 aliphatic carbocycles. The van der Waals surface area contributed by atoms with Gasteiger partial charge in [0, 0.05) is 56.1 Å². The van der Waals surface area contributed by atoms with E-state index in [0.29, 0.717) is 5.92 Å². The molecule has 1 saturated heterocycles.